The fourth-order valence-corrected chi connectivity index (χ4v) is 1.28. The Labute approximate surface area is 58.3 Å². The number of aliphatic hydroxyl groups is 1. The molecule has 54 valence electrons. The summed E-state index contributed by atoms with van der Waals surface area (Å²) in [5, 5.41) is 9.35. The molecule has 0 saturated heterocycles. The first kappa shape index (κ1) is 5.88. The Kier molecular flexibility index (Phi) is 1.06. The van der Waals surface area contributed by atoms with Gasteiger partial charge in [-0.3, -0.25) is 0 Å². The lowest BCUT2D eigenvalue weighted by atomic mass is 10.2. The van der Waals surface area contributed by atoms with Crippen LogP contribution in [0.25, 0.3) is 0 Å². The van der Waals surface area contributed by atoms with Crippen LogP contribution in [-0.2, 0) is 6.54 Å². The van der Waals surface area contributed by atoms with Gasteiger partial charge in [0.2, 0.25) is 0 Å². The molecule has 0 radical (unpaired) electrons. The molecule has 2 atom stereocenters. The van der Waals surface area contributed by atoms with E-state index in [-0.39, 0.29) is 6.04 Å². The van der Waals surface area contributed by atoms with Gasteiger partial charge >= 0.3 is 0 Å². The van der Waals surface area contributed by atoms with Crippen molar-refractivity contribution in [3.8, 4) is 0 Å². The molecule has 0 aromatic carbocycles. The maximum absolute atomic E-state index is 9.35. The standard InChI is InChI=1S/C6H9N3O/c7-4-2-9-3-8-1-5(9)6(4)10/h1,3-4,6,10H,2,7H2. The fraction of sp³-hybridized carbons (Fsp3) is 0.500. The monoisotopic (exact) mass is 139 g/mol. The number of imidazole rings is 1. The average molecular weight is 139 g/mol. The van der Waals surface area contributed by atoms with Gasteiger partial charge in [-0.05, 0) is 0 Å². The van der Waals surface area contributed by atoms with Crippen LogP contribution < -0.4 is 5.73 Å². The number of nitrogens with two attached hydrogens (primary N) is 1. The van der Waals surface area contributed by atoms with Gasteiger partial charge in [-0.15, -0.1) is 0 Å². The van der Waals surface area contributed by atoms with Crippen molar-refractivity contribution in [2.24, 2.45) is 5.73 Å². The number of aliphatic hydroxyl groups excluding tert-OH is 1. The Balaban J connectivity index is 2.43. The first-order valence-corrected chi connectivity index (χ1v) is 3.22. The van der Waals surface area contributed by atoms with Gasteiger partial charge in [-0.25, -0.2) is 4.98 Å². The minimum absolute atomic E-state index is 0.155. The maximum atomic E-state index is 9.35. The molecule has 1 aromatic rings. The zero-order valence-electron chi connectivity index (χ0n) is 5.44. The summed E-state index contributed by atoms with van der Waals surface area (Å²) in [5.74, 6) is 0. The molecule has 0 amide bonds. The third-order valence-corrected chi connectivity index (χ3v) is 1.86. The van der Waals surface area contributed by atoms with Crippen LogP contribution >= 0.6 is 0 Å². The summed E-state index contributed by atoms with van der Waals surface area (Å²) < 4.78 is 1.87. The highest BCUT2D eigenvalue weighted by Crippen LogP contribution is 2.22. The van der Waals surface area contributed by atoms with Crippen LogP contribution in [0.4, 0.5) is 0 Å². The maximum Gasteiger partial charge on any atom is 0.112 e. The number of aromatic nitrogens is 2. The van der Waals surface area contributed by atoms with Gasteiger partial charge in [0.15, 0.2) is 0 Å². The molecule has 2 unspecified atom stereocenters. The lowest BCUT2D eigenvalue weighted by Gasteiger charge is -2.04. The molecule has 4 nitrogen and oxygen atoms in total. The molecule has 4 heteroatoms. The minimum atomic E-state index is -0.525. The molecule has 1 aromatic heterocycles. The Morgan fingerprint density at radius 1 is 1.80 bits per heavy atom. The van der Waals surface area contributed by atoms with Crippen molar-refractivity contribution in [1.82, 2.24) is 9.55 Å². The third-order valence-electron chi connectivity index (χ3n) is 1.86. The molecule has 10 heavy (non-hydrogen) atoms. The second-order valence-electron chi connectivity index (χ2n) is 2.58. The van der Waals surface area contributed by atoms with Gasteiger partial charge in [-0.1, -0.05) is 0 Å². The summed E-state index contributed by atoms with van der Waals surface area (Å²) >= 11 is 0. The van der Waals surface area contributed by atoms with Crippen LogP contribution in [0, 0.1) is 0 Å². The summed E-state index contributed by atoms with van der Waals surface area (Å²) in [7, 11) is 0. The van der Waals surface area contributed by atoms with E-state index in [4.69, 9.17) is 5.73 Å². The van der Waals surface area contributed by atoms with Crippen molar-refractivity contribution < 1.29 is 5.11 Å². The normalized spacial score (nSPS) is 30.6. The molecule has 0 bridgehead atoms. The highest BCUT2D eigenvalue weighted by molar-refractivity contribution is 5.10. The lowest BCUT2D eigenvalue weighted by molar-refractivity contribution is 0.159. The molecule has 0 aliphatic carbocycles. The van der Waals surface area contributed by atoms with E-state index in [9.17, 15) is 5.11 Å². The van der Waals surface area contributed by atoms with E-state index in [0.717, 1.165) is 5.69 Å². The van der Waals surface area contributed by atoms with E-state index in [0.29, 0.717) is 6.54 Å². The second kappa shape index (κ2) is 1.81. The van der Waals surface area contributed by atoms with Crippen LogP contribution in [-0.4, -0.2) is 20.7 Å². The molecule has 0 fully saturated rings. The third kappa shape index (κ3) is 0.600. The minimum Gasteiger partial charge on any atom is -0.385 e. The molecular formula is C6H9N3O. The van der Waals surface area contributed by atoms with Crippen LogP contribution in [0.5, 0.6) is 0 Å². The van der Waals surface area contributed by atoms with E-state index in [1.807, 2.05) is 4.57 Å². The molecule has 3 N–H and O–H groups in total. The largest absolute Gasteiger partial charge is 0.385 e. The van der Waals surface area contributed by atoms with Crippen molar-refractivity contribution in [3.05, 3.63) is 18.2 Å². The quantitative estimate of drug-likeness (QED) is 0.497. The molecule has 0 spiro atoms. The number of hydrogen-bond donors (Lipinski definition) is 2. The van der Waals surface area contributed by atoms with Crippen molar-refractivity contribution >= 4 is 0 Å². The SMILES string of the molecule is NC1Cn2cncc2C1O. The zero-order valence-corrected chi connectivity index (χ0v) is 5.44. The van der Waals surface area contributed by atoms with Crippen molar-refractivity contribution in [2.75, 3.05) is 0 Å². The van der Waals surface area contributed by atoms with E-state index in [2.05, 4.69) is 4.98 Å². The van der Waals surface area contributed by atoms with E-state index in [1.165, 1.54) is 0 Å². The van der Waals surface area contributed by atoms with Gasteiger partial charge in [0.25, 0.3) is 0 Å². The van der Waals surface area contributed by atoms with E-state index < -0.39 is 6.10 Å². The highest BCUT2D eigenvalue weighted by Gasteiger charge is 2.27. The number of nitrogens with zero attached hydrogens (tertiary/aromatic N) is 2. The van der Waals surface area contributed by atoms with Gasteiger partial charge in [0, 0.05) is 6.54 Å². The van der Waals surface area contributed by atoms with Crippen LogP contribution in [0.1, 0.15) is 11.8 Å². The predicted molar refractivity (Wildman–Crippen MR) is 35.2 cm³/mol. The van der Waals surface area contributed by atoms with Crippen LogP contribution in [0.15, 0.2) is 12.5 Å². The summed E-state index contributed by atoms with van der Waals surface area (Å²) in [6, 6.07) is -0.155. The van der Waals surface area contributed by atoms with Gasteiger partial charge < -0.3 is 15.4 Å². The Hall–Kier alpha value is -0.870. The Bertz CT molecular complexity index is 245. The second-order valence-corrected chi connectivity index (χ2v) is 2.58. The summed E-state index contributed by atoms with van der Waals surface area (Å²) in [5.41, 5.74) is 6.40. The van der Waals surface area contributed by atoms with E-state index >= 15 is 0 Å². The van der Waals surface area contributed by atoms with Gasteiger partial charge in [-0.2, -0.15) is 0 Å². The van der Waals surface area contributed by atoms with Gasteiger partial charge in [0.1, 0.15) is 6.10 Å². The molecular weight excluding hydrogens is 130 g/mol. The molecule has 2 rings (SSSR count). The molecule has 1 aliphatic rings. The van der Waals surface area contributed by atoms with Crippen molar-refractivity contribution in [1.29, 1.82) is 0 Å². The summed E-state index contributed by atoms with van der Waals surface area (Å²) in [6.45, 7) is 0.677. The van der Waals surface area contributed by atoms with Crippen LogP contribution in [0.2, 0.25) is 0 Å². The number of hydrogen-bond acceptors (Lipinski definition) is 3. The smallest absolute Gasteiger partial charge is 0.112 e. The molecule has 2 heterocycles. The molecule has 1 aliphatic heterocycles. The first-order chi connectivity index (χ1) is 4.79. The Morgan fingerprint density at radius 3 is 3.30 bits per heavy atom. The number of fused-ring (bicyclic) bond motifs is 1. The van der Waals surface area contributed by atoms with E-state index in [1.54, 1.807) is 12.5 Å². The lowest BCUT2D eigenvalue weighted by Crippen LogP contribution is -2.25. The Morgan fingerprint density at radius 2 is 2.60 bits per heavy atom. The zero-order chi connectivity index (χ0) is 7.14. The average Bonchev–Trinajstić information content (AvgIpc) is 2.41. The highest BCUT2D eigenvalue weighted by atomic mass is 16.3. The summed E-state index contributed by atoms with van der Waals surface area (Å²) in [6.07, 6.45) is 2.81. The molecule has 0 saturated carbocycles. The fourth-order valence-electron chi connectivity index (χ4n) is 1.28. The summed E-state index contributed by atoms with van der Waals surface area (Å²) in [4.78, 5) is 3.88. The van der Waals surface area contributed by atoms with Crippen molar-refractivity contribution in [3.63, 3.8) is 0 Å². The van der Waals surface area contributed by atoms with Gasteiger partial charge in [0.05, 0.1) is 24.3 Å². The number of rotatable bonds is 0. The first-order valence-electron chi connectivity index (χ1n) is 3.22. The van der Waals surface area contributed by atoms with Crippen molar-refractivity contribution in [2.45, 2.75) is 18.7 Å². The topological polar surface area (TPSA) is 64.1 Å². The predicted octanol–water partition coefficient (Wildman–Crippen LogP) is -0.743. The van der Waals surface area contributed by atoms with Crippen LogP contribution in [0.3, 0.4) is 0 Å².